The van der Waals surface area contributed by atoms with Gasteiger partial charge in [0.2, 0.25) is 0 Å². The van der Waals surface area contributed by atoms with Crippen LogP contribution in [0.15, 0.2) is 42.5 Å². The molecule has 0 amide bonds. The van der Waals surface area contributed by atoms with Crippen molar-refractivity contribution < 1.29 is 9.13 Å². The van der Waals surface area contributed by atoms with Crippen LogP contribution in [0.4, 0.5) is 4.39 Å². The van der Waals surface area contributed by atoms with Crippen molar-refractivity contribution in [1.82, 2.24) is 0 Å². The van der Waals surface area contributed by atoms with Gasteiger partial charge in [-0.25, -0.2) is 4.39 Å². The molecular formula is C16H18FNO. The van der Waals surface area contributed by atoms with E-state index < -0.39 is 0 Å². The summed E-state index contributed by atoms with van der Waals surface area (Å²) in [4.78, 5) is 0. The molecule has 19 heavy (non-hydrogen) atoms. The lowest BCUT2D eigenvalue weighted by Gasteiger charge is -2.10. The lowest BCUT2D eigenvalue weighted by Crippen LogP contribution is -2.08. The largest absolute Gasteiger partial charge is 0.494 e. The zero-order valence-corrected chi connectivity index (χ0v) is 11.2. The van der Waals surface area contributed by atoms with Crippen LogP contribution in [0.5, 0.6) is 5.75 Å². The van der Waals surface area contributed by atoms with E-state index in [0.29, 0.717) is 0 Å². The number of rotatable bonds is 4. The highest BCUT2D eigenvalue weighted by Crippen LogP contribution is 2.26. The van der Waals surface area contributed by atoms with E-state index in [1.807, 2.05) is 30.3 Å². The summed E-state index contributed by atoms with van der Waals surface area (Å²) in [6.07, 6.45) is 0.899. The average Bonchev–Trinajstić information content (AvgIpc) is 2.46. The van der Waals surface area contributed by atoms with Crippen molar-refractivity contribution in [2.45, 2.75) is 19.4 Å². The van der Waals surface area contributed by atoms with Crippen molar-refractivity contribution in [3.05, 3.63) is 53.8 Å². The Morgan fingerprint density at radius 3 is 2.26 bits per heavy atom. The second-order valence-electron chi connectivity index (χ2n) is 4.49. The summed E-state index contributed by atoms with van der Waals surface area (Å²) in [7, 11) is 1.46. The molecule has 0 heterocycles. The van der Waals surface area contributed by atoms with Crippen LogP contribution in [0.2, 0.25) is 0 Å². The molecule has 0 aliphatic heterocycles. The molecule has 0 radical (unpaired) electrons. The number of methoxy groups -OCH3 is 1. The first-order chi connectivity index (χ1) is 9.15. The Labute approximate surface area is 113 Å². The van der Waals surface area contributed by atoms with Gasteiger partial charge in [-0.15, -0.1) is 0 Å². The Morgan fingerprint density at radius 1 is 1.11 bits per heavy atom. The molecule has 0 fully saturated rings. The molecule has 0 bridgehead atoms. The van der Waals surface area contributed by atoms with E-state index in [2.05, 4.69) is 6.92 Å². The Hall–Kier alpha value is -1.87. The van der Waals surface area contributed by atoms with E-state index in [1.54, 1.807) is 6.07 Å². The van der Waals surface area contributed by atoms with E-state index in [0.717, 1.165) is 23.1 Å². The minimum absolute atomic E-state index is 0.0571. The topological polar surface area (TPSA) is 35.2 Å². The molecule has 2 rings (SSSR count). The van der Waals surface area contributed by atoms with Crippen molar-refractivity contribution in [3.8, 4) is 16.9 Å². The van der Waals surface area contributed by atoms with Gasteiger partial charge in [0.15, 0.2) is 11.6 Å². The van der Waals surface area contributed by atoms with Crippen LogP contribution >= 0.6 is 0 Å². The Morgan fingerprint density at radius 2 is 1.74 bits per heavy atom. The van der Waals surface area contributed by atoms with Gasteiger partial charge in [-0.05, 0) is 35.2 Å². The first-order valence-corrected chi connectivity index (χ1v) is 6.35. The summed E-state index contributed by atoms with van der Waals surface area (Å²) in [5.74, 6) is -0.0947. The van der Waals surface area contributed by atoms with Crippen LogP contribution in [0, 0.1) is 5.82 Å². The second kappa shape index (κ2) is 5.85. The molecule has 2 N–H and O–H groups in total. The molecule has 1 unspecified atom stereocenters. The highest BCUT2D eigenvalue weighted by molar-refractivity contribution is 5.64. The van der Waals surface area contributed by atoms with Crippen LogP contribution in [-0.2, 0) is 0 Å². The fourth-order valence-corrected chi connectivity index (χ4v) is 2.00. The third-order valence-corrected chi connectivity index (χ3v) is 3.26. The molecule has 0 aromatic heterocycles. The fraction of sp³-hybridized carbons (Fsp3) is 0.250. The number of ether oxygens (including phenoxy) is 1. The van der Waals surface area contributed by atoms with E-state index >= 15 is 0 Å². The summed E-state index contributed by atoms with van der Waals surface area (Å²) in [6.45, 7) is 2.05. The maximum absolute atomic E-state index is 13.7. The summed E-state index contributed by atoms with van der Waals surface area (Å²) >= 11 is 0. The summed E-state index contributed by atoms with van der Waals surface area (Å²) in [6, 6.07) is 12.9. The first-order valence-electron chi connectivity index (χ1n) is 6.35. The maximum Gasteiger partial charge on any atom is 0.165 e. The molecule has 100 valence electrons. The van der Waals surface area contributed by atoms with Gasteiger partial charge >= 0.3 is 0 Å². The summed E-state index contributed by atoms with van der Waals surface area (Å²) < 4.78 is 18.6. The fourth-order valence-electron chi connectivity index (χ4n) is 2.00. The van der Waals surface area contributed by atoms with E-state index in [9.17, 15) is 4.39 Å². The van der Waals surface area contributed by atoms with Crippen molar-refractivity contribution >= 4 is 0 Å². The third-order valence-electron chi connectivity index (χ3n) is 3.26. The average molecular weight is 259 g/mol. The standard InChI is InChI=1S/C16H18FNO/c1-3-15(18)12-6-4-11(5-7-12)13-8-9-16(19-2)14(17)10-13/h4-10,15H,3,18H2,1-2H3. The first kappa shape index (κ1) is 13.6. The quantitative estimate of drug-likeness (QED) is 0.903. The summed E-state index contributed by atoms with van der Waals surface area (Å²) in [5, 5.41) is 0. The summed E-state index contributed by atoms with van der Waals surface area (Å²) in [5.41, 5.74) is 8.86. The van der Waals surface area contributed by atoms with Gasteiger partial charge in [-0.1, -0.05) is 37.3 Å². The Balaban J connectivity index is 2.29. The zero-order chi connectivity index (χ0) is 13.8. The molecule has 2 aromatic rings. The van der Waals surface area contributed by atoms with Gasteiger partial charge in [0, 0.05) is 6.04 Å². The molecule has 2 nitrogen and oxygen atoms in total. The number of hydrogen-bond acceptors (Lipinski definition) is 2. The second-order valence-corrected chi connectivity index (χ2v) is 4.49. The van der Waals surface area contributed by atoms with Crippen LogP contribution in [-0.4, -0.2) is 7.11 Å². The molecule has 3 heteroatoms. The van der Waals surface area contributed by atoms with Gasteiger partial charge in [0.05, 0.1) is 7.11 Å². The van der Waals surface area contributed by atoms with E-state index in [-0.39, 0.29) is 17.6 Å². The SMILES string of the molecule is CCC(N)c1ccc(-c2ccc(OC)c(F)c2)cc1. The van der Waals surface area contributed by atoms with Crippen molar-refractivity contribution in [1.29, 1.82) is 0 Å². The smallest absolute Gasteiger partial charge is 0.165 e. The van der Waals surface area contributed by atoms with Crippen molar-refractivity contribution in [3.63, 3.8) is 0 Å². The van der Waals surface area contributed by atoms with Gasteiger partial charge in [-0.2, -0.15) is 0 Å². The number of benzene rings is 2. The molecule has 0 saturated carbocycles. The van der Waals surface area contributed by atoms with Gasteiger partial charge in [0.1, 0.15) is 0 Å². The van der Waals surface area contributed by atoms with Crippen molar-refractivity contribution in [2.24, 2.45) is 5.73 Å². The normalized spacial score (nSPS) is 12.2. The lowest BCUT2D eigenvalue weighted by atomic mass is 10.00. The van der Waals surface area contributed by atoms with Crippen molar-refractivity contribution in [2.75, 3.05) is 7.11 Å². The highest BCUT2D eigenvalue weighted by atomic mass is 19.1. The molecule has 0 aliphatic rings. The number of halogens is 1. The van der Waals surface area contributed by atoms with Crippen LogP contribution in [0.1, 0.15) is 24.9 Å². The molecule has 1 atom stereocenters. The molecule has 0 spiro atoms. The minimum Gasteiger partial charge on any atom is -0.494 e. The molecule has 2 aromatic carbocycles. The monoisotopic (exact) mass is 259 g/mol. The molecular weight excluding hydrogens is 241 g/mol. The molecule has 0 saturated heterocycles. The zero-order valence-electron chi connectivity index (χ0n) is 11.2. The Bertz CT molecular complexity index is 551. The maximum atomic E-state index is 13.7. The van der Waals surface area contributed by atoms with Crippen LogP contribution < -0.4 is 10.5 Å². The van der Waals surface area contributed by atoms with Gasteiger partial charge in [0.25, 0.3) is 0 Å². The van der Waals surface area contributed by atoms with E-state index in [1.165, 1.54) is 13.2 Å². The van der Waals surface area contributed by atoms with Crippen LogP contribution in [0.3, 0.4) is 0 Å². The van der Waals surface area contributed by atoms with E-state index in [4.69, 9.17) is 10.5 Å². The minimum atomic E-state index is -0.352. The lowest BCUT2D eigenvalue weighted by molar-refractivity contribution is 0.386. The number of hydrogen-bond donors (Lipinski definition) is 1. The third kappa shape index (κ3) is 2.93. The van der Waals surface area contributed by atoms with Gasteiger partial charge in [-0.3, -0.25) is 0 Å². The Kier molecular flexibility index (Phi) is 4.17. The predicted octanol–water partition coefficient (Wildman–Crippen LogP) is 3.91. The predicted molar refractivity (Wildman–Crippen MR) is 75.6 cm³/mol. The molecule has 0 aliphatic carbocycles. The van der Waals surface area contributed by atoms with Crippen LogP contribution in [0.25, 0.3) is 11.1 Å². The highest BCUT2D eigenvalue weighted by Gasteiger charge is 2.07. The van der Waals surface area contributed by atoms with Gasteiger partial charge < -0.3 is 10.5 Å². The number of nitrogens with two attached hydrogens (primary N) is 1.